The van der Waals surface area contributed by atoms with Crippen molar-refractivity contribution in [3.8, 4) is 45.6 Å². The van der Waals surface area contributed by atoms with Gasteiger partial charge in [-0.1, -0.05) is 72.8 Å². The fraction of sp³-hybridized carbons (Fsp3) is 0. The zero-order chi connectivity index (χ0) is 36.0. The number of carboxylic acid groups (broad SMARTS) is 4. The topological polar surface area (TPSA) is 269 Å². The van der Waals surface area contributed by atoms with E-state index >= 15 is 0 Å². The van der Waals surface area contributed by atoms with Crippen LogP contribution in [0, 0.1) is 0 Å². The van der Waals surface area contributed by atoms with E-state index in [2.05, 4.69) is 29.9 Å². The van der Waals surface area contributed by atoms with Crippen molar-refractivity contribution in [3.05, 3.63) is 95.1 Å². The molecule has 7 aromatic rings. The molecule has 8 bridgehead atoms. The summed E-state index contributed by atoms with van der Waals surface area (Å²) >= 11 is 0. The van der Waals surface area contributed by atoms with Gasteiger partial charge in [-0.25, -0.2) is 29.9 Å². The van der Waals surface area contributed by atoms with Crippen LogP contribution in [0.25, 0.3) is 89.7 Å². The van der Waals surface area contributed by atoms with Gasteiger partial charge < -0.3 is 49.6 Å². The molecule has 0 unspecified atom stereocenters. The molecule has 2 aliphatic heterocycles. The molecular weight excluding hydrogens is 1100 g/mol. The summed E-state index contributed by atoms with van der Waals surface area (Å²) in [5, 5.41) is 50.3. The van der Waals surface area contributed by atoms with Gasteiger partial charge in [0.2, 0.25) is 0 Å². The quantitative estimate of drug-likeness (QED) is 0.225. The number of aromatic amines is 2. The molecule has 20 heteroatoms. The Morgan fingerprint density at radius 2 is 0.643 bits per heavy atom. The molecule has 5 heterocycles. The van der Waals surface area contributed by atoms with Gasteiger partial charge >= 0.3 is 89.5 Å². The fourth-order valence-electron chi connectivity index (χ4n) is 6.72. The third kappa shape index (κ3) is 6.50. The average molecular weight is 1120 g/mol. The molecule has 2 N–H and O–H groups in total. The van der Waals surface area contributed by atoms with Crippen LogP contribution in [0.5, 0.6) is 0 Å². The van der Waals surface area contributed by atoms with Crippen LogP contribution in [0.3, 0.4) is 0 Å². The van der Waals surface area contributed by atoms with E-state index in [4.69, 9.17) is 9.97 Å². The monoisotopic (exact) mass is 1110 g/mol. The van der Waals surface area contributed by atoms with Crippen LogP contribution in [-0.2, 0) is 89.5 Å². The second-order valence-electron chi connectivity index (χ2n) is 11.6. The second-order valence-corrected chi connectivity index (χ2v) is 11.6. The molecule has 0 fully saturated rings. The Balaban J connectivity index is 0.00000150. The fourth-order valence-corrected chi connectivity index (χ4v) is 6.72. The first kappa shape index (κ1) is 42.2. The van der Waals surface area contributed by atoms with E-state index in [1.165, 1.54) is 0 Å². The third-order valence-electron chi connectivity index (χ3n) is 8.81. The molecule has 0 atom stereocenters. The van der Waals surface area contributed by atoms with Crippen LogP contribution >= 0.6 is 0 Å². The number of nitrogens with zero attached hydrogens (tertiary/aromatic N) is 6. The molecule has 56 heavy (non-hydrogen) atoms. The number of hydrogen-bond acceptors (Lipinski definition) is 14. The van der Waals surface area contributed by atoms with Crippen molar-refractivity contribution < 1.29 is 129 Å². The Morgan fingerprint density at radius 1 is 0.375 bits per heavy atom. The van der Waals surface area contributed by atoms with Crippen molar-refractivity contribution in [1.29, 1.82) is 0 Å². The van der Waals surface area contributed by atoms with Crippen LogP contribution in [0.4, 0.5) is 0 Å². The number of carbonyl (C=O) groups excluding carboxylic acids is 4. The van der Waals surface area contributed by atoms with Crippen LogP contribution in [-0.4, -0.2) is 63.7 Å². The minimum absolute atomic E-state index is 0. The van der Waals surface area contributed by atoms with Crippen molar-refractivity contribution in [2.75, 3.05) is 0 Å². The number of aromatic nitrogens is 8. The first-order chi connectivity index (χ1) is 25.1. The molecule has 9 rings (SSSR count). The van der Waals surface area contributed by atoms with Gasteiger partial charge in [-0.05, 0) is 0 Å². The number of H-pyrrole nitrogens is 2. The third-order valence-corrected chi connectivity index (χ3v) is 8.81. The molecule has 0 amide bonds. The molecular formula is C36H14Ag4N8O8. The van der Waals surface area contributed by atoms with E-state index in [1.807, 2.05) is 24.3 Å². The van der Waals surface area contributed by atoms with Crippen molar-refractivity contribution >= 4 is 68.0 Å². The predicted molar refractivity (Wildman–Crippen MR) is 173 cm³/mol. The number of benzene rings is 4. The Labute approximate surface area is 374 Å². The van der Waals surface area contributed by atoms with Crippen molar-refractivity contribution in [3.63, 3.8) is 0 Å². The van der Waals surface area contributed by atoms with E-state index in [9.17, 15) is 39.6 Å². The molecule has 0 spiro atoms. The van der Waals surface area contributed by atoms with E-state index < -0.39 is 68.2 Å². The summed E-state index contributed by atoms with van der Waals surface area (Å²) in [6, 6.07) is 21.0. The summed E-state index contributed by atoms with van der Waals surface area (Å²) in [6.45, 7) is 0. The Bertz CT molecular complexity index is 2830. The normalized spacial score (nSPS) is 10.9. The Morgan fingerprint density at radius 3 is 0.946 bits per heavy atom. The molecule has 4 aromatic carbocycles. The van der Waals surface area contributed by atoms with Gasteiger partial charge in [-0.2, -0.15) is 0 Å². The van der Waals surface area contributed by atoms with Gasteiger partial charge in [0, 0.05) is 66.1 Å². The van der Waals surface area contributed by atoms with Gasteiger partial charge in [0.15, 0.2) is 23.3 Å². The zero-order valence-electron chi connectivity index (χ0n) is 27.1. The molecule has 0 aliphatic carbocycles. The van der Waals surface area contributed by atoms with Crippen LogP contribution in [0.15, 0.2) is 72.8 Å². The van der Waals surface area contributed by atoms with Crippen LogP contribution in [0.1, 0.15) is 41.4 Å². The SMILES string of the molecule is O=C([O-])c1c(C(=O)[O-])c(C(=O)[O-])c2c3nc4nc(nc5[nH]c(nc6nc(nc([nH]3)c2c1C(=O)[O-])-c1ccccc1-6)c1ccccc51)-c1ccccc1-4.[Ag+].[Ag+].[Ag+].[Ag+]. The molecule has 2 aliphatic rings. The first-order valence-electron chi connectivity index (χ1n) is 15.3. The van der Waals surface area contributed by atoms with Crippen molar-refractivity contribution in [2.24, 2.45) is 0 Å². The molecule has 3 aromatic heterocycles. The Kier molecular flexibility index (Phi) is 12.0. The largest absolute Gasteiger partial charge is 1.00 e. The van der Waals surface area contributed by atoms with Crippen molar-refractivity contribution in [2.45, 2.75) is 0 Å². The molecule has 16 nitrogen and oxygen atoms in total. The van der Waals surface area contributed by atoms with E-state index in [0.29, 0.717) is 44.3 Å². The predicted octanol–water partition coefficient (Wildman–Crippen LogP) is 0.313. The van der Waals surface area contributed by atoms with Gasteiger partial charge in [0.05, 0.1) is 23.9 Å². The van der Waals surface area contributed by atoms with Gasteiger partial charge in [-0.3, -0.25) is 0 Å². The molecule has 0 saturated heterocycles. The maximum absolute atomic E-state index is 12.7. The second kappa shape index (κ2) is 15.9. The standard InChI is InChI=1S/C36H18N8O8.4Ag/c45-33(46)21-19-20(22(34(47)48)24(36(51)52)23(21)35(49)50)32-43-30-18-12-6-4-10-16(18)28(41-30)39-26-14-8-2-1-7-13(14)25(37-26)38-27-15-9-3-5-11-17(15)29(40-27)42-31(19)44-32;;;;/h1-12H,(H,45,46)(H,47,48)(H,49,50)(H,51,52)(H2,37,38,39,40,41,42,43,44);;;;/q;4*+1/p-4. The number of fused-ring (bicyclic) bond motifs is 20. The first-order valence-corrected chi connectivity index (χ1v) is 15.3. The molecule has 290 valence electrons. The van der Waals surface area contributed by atoms with Gasteiger partial charge in [0.25, 0.3) is 0 Å². The van der Waals surface area contributed by atoms with Crippen LogP contribution < -0.4 is 20.4 Å². The van der Waals surface area contributed by atoms with Crippen LogP contribution in [0.2, 0.25) is 0 Å². The molecule has 0 radical (unpaired) electrons. The molecule has 0 saturated carbocycles. The smallest absolute Gasteiger partial charge is 0.545 e. The minimum Gasteiger partial charge on any atom is -0.545 e. The summed E-state index contributed by atoms with van der Waals surface area (Å²) in [4.78, 5) is 84.3. The van der Waals surface area contributed by atoms with E-state index in [1.54, 1.807) is 48.5 Å². The average Bonchev–Trinajstić information content (AvgIpc) is 3.86. The minimum atomic E-state index is -2.34. The maximum atomic E-state index is 12.7. The summed E-state index contributed by atoms with van der Waals surface area (Å²) in [6.07, 6.45) is 0. The summed E-state index contributed by atoms with van der Waals surface area (Å²) in [5.41, 5.74) is -3.81. The maximum Gasteiger partial charge on any atom is 1.00 e. The van der Waals surface area contributed by atoms with Crippen molar-refractivity contribution in [1.82, 2.24) is 39.9 Å². The number of carboxylic acids is 4. The van der Waals surface area contributed by atoms with E-state index in [0.717, 1.165) is 0 Å². The number of rotatable bonds is 4. The zero-order valence-corrected chi connectivity index (χ0v) is 33.0. The number of carbonyl (C=O) groups is 4. The van der Waals surface area contributed by atoms with E-state index in [-0.39, 0.29) is 113 Å². The number of nitrogens with one attached hydrogen (secondary N) is 2. The number of hydrogen-bond donors (Lipinski definition) is 2. The summed E-state index contributed by atoms with van der Waals surface area (Å²) < 4.78 is 0. The number of aromatic carboxylic acids is 4. The summed E-state index contributed by atoms with van der Waals surface area (Å²) in [7, 11) is 0. The van der Waals surface area contributed by atoms with Gasteiger partial charge in [-0.15, -0.1) is 0 Å². The van der Waals surface area contributed by atoms with Gasteiger partial charge in [0.1, 0.15) is 22.6 Å². The summed E-state index contributed by atoms with van der Waals surface area (Å²) in [5.74, 6) is -8.77. The Hall–Kier alpha value is -4.92.